The van der Waals surface area contributed by atoms with Crippen LogP contribution in [0, 0.1) is 0 Å². The molecule has 2 heterocycles. The van der Waals surface area contributed by atoms with E-state index in [2.05, 4.69) is 0 Å². The molecule has 0 aliphatic carbocycles. The third-order valence-corrected chi connectivity index (χ3v) is 4.52. The summed E-state index contributed by atoms with van der Waals surface area (Å²) >= 11 is 0. The van der Waals surface area contributed by atoms with Gasteiger partial charge < -0.3 is 54.4 Å². The summed E-state index contributed by atoms with van der Waals surface area (Å²) in [5.74, 6) is 0. The van der Waals surface area contributed by atoms with Crippen LogP contribution < -0.4 is 0 Å². The second-order valence-corrected chi connectivity index (χ2v) is 6.47. The molecule has 0 amide bonds. The SMILES string of the molecule is C[C@@H]1O[C@@H](O[C@@H]2[C@@H](O)[C@H](C)O[C@@H](OC(C=O)CO)[C@@H]2O)[C@H](O)[C@H](O)[C@H]1O. The van der Waals surface area contributed by atoms with E-state index in [0.717, 1.165) is 0 Å². The van der Waals surface area contributed by atoms with E-state index in [4.69, 9.17) is 24.1 Å². The van der Waals surface area contributed by atoms with Crippen LogP contribution in [0.2, 0.25) is 0 Å². The van der Waals surface area contributed by atoms with E-state index >= 15 is 0 Å². The fourth-order valence-corrected chi connectivity index (χ4v) is 2.84. The van der Waals surface area contributed by atoms with E-state index in [1.807, 2.05) is 0 Å². The molecule has 2 fully saturated rings. The van der Waals surface area contributed by atoms with Gasteiger partial charge in [0.05, 0.1) is 18.8 Å². The lowest BCUT2D eigenvalue weighted by molar-refractivity contribution is -0.356. The third-order valence-electron chi connectivity index (χ3n) is 4.52. The van der Waals surface area contributed by atoms with Crippen LogP contribution in [0.4, 0.5) is 0 Å². The van der Waals surface area contributed by atoms with E-state index in [1.165, 1.54) is 13.8 Å². The molecule has 6 N–H and O–H groups in total. The maximum Gasteiger partial charge on any atom is 0.187 e. The van der Waals surface area contributed by atoms with Crippen molar-refractivity contribution in [2.75, 3.05) is 6.61 Å². The Hall–Kier alpha value is -0.730. The summed E-state index contributed by atoms with van der Waals surface area (Å²) in [6.45, 7) is 2.29. The molecule has 2 aliphatic rings. The fourth-order valence-electron chi connectivity index (χ4n) is 2.84. The van der Waals surface area contributed by atoms with Gasteiger partial charge in [-0.3, -0.25) is 0 Å². The Morgan fingerprint density at radius 3 is 2.04 bits per heavy atom. The van der Waals surface area contributed by atoms with Crippen LogP contribution >= 0.6 is 0 Å². The Kier molecular flexibility index (Phi) is 7.44. The zero-order valence-electron chi connectivity index (χ0n) is 14.4. The summed E-state index contributed by atoms with van der Waals surface area (Å²) in [6.07, 6.45) is -14.3. The first-order valence-electron chi connectivity index (χ1n) is 8.29. The Morgan fingerprint density at radius 1 is 0.885 bits per heavy atom. The smallest absolute Gasteiger partial charge is 0.187 e. The van der Waals surface area contributed by atoms with Crippen molar-refractivity contribution in [1.82, 2.24) is 0 Å². The molecule has 2 saturated heterocycles. The molecular weight excluding hydrogens is 356 g/mol. The Labute approximate surface area is 149 Å². The Morgan fingerprint density at radius 2 is 1.46 bits per heavy atom. The lowest BCUT2D eigenvalue weighted by atomic mass is 9.97. The first-order valence-corrected chi connectivity index (χ1v) is 8.29. The maximum absolute atomic E-state index is 10.8. The molecule has 0 aromatic heterocycles. The topological polar surface area (TPSA) is 175 Å². The zero-order valence-corrected chi connectivity index (χ0v) is 14.4. The molecule has 0 bridgehead atoms. The lowest BCUT2D eigenvalue weighted by Gasteiger charge is -2.45. The summed E-state index contributed by atoms with van der Waals surface area (Å²) in [6, 6.07) is 0. The van der Waals surface area contributed by atoms with Crippen LogP contribution in [0.5, 0.6) is 0 Å². The minimum Gasteiger partial charge on any atom is -0.393 e. The summed E-state index contributed by atoms with van der Waals surface area (Å²) in [4.78, 5) is 10.8. The minimum absolute atomic E-state index is 0.328. The van der Waals surface area contributed by atoms with Crippen molar-refractivity contribution in [3.63, 3.8) is 0 Å². The number of carbonyl (C=O) groups is 1. The van der Waals surface area contributed by atoms with Crippen molar-refractivity contribution in [3.05, 3.63) is 0 Å². The van der Waals surface area contributed by atoms with E-state index < -0.39 is 74.1 Å². The number of aldehydes is 1. The van der Waals surface area contributed by atoms with Gasteiger partial charge >= 0.3 is 0 Å². The molecule has 11 heteroatoms. The van der Waals surface area contributed by atoms with Gasteiger partial charge in [-0.2, -0.15) is 0 Å². The molecule has 2 rings (SSSR count). The molecule has 0 aromatic carbocycles. The van der Waals surface area contributed by atoms with Crippen LogP contribution in [0.3, 0.4) is 0 Å². The molecular formula is C15H26O11. The van der Waals surface area contributed by atoms with Gasteiger partial charge in [-0.05, 0) is 13.8 Å². The van der Waals surface area contributed by atoms with Crippen molar-refractivity contribution >= 4 is 6.29 Å². The Bertz CT molecular complexity index is 463. The van der Waals surface area contributed by atoms with Crippen LogP contribution in [-0.2, 0) is 23.7 Å². The van der Waals surface area contributed by atoms with E-state index in [9.17, 15) is 30.3 Å². The van der Waals surface area contributed by atoms with Gasteiger partial charge in [0.15, 0.2) is 18.9 Å². The lowest BCUT2D eigenvalue weighted by Crippen LogP contribution is -2.63. The highest BCUT2D eigenvalue weighted by Crippen LogP contribution is 2.29. The normalized spacial score (nSPS) is 48.2. The highest BCUT2D eigenvalue weighted by Gasteiger charge is 2.49. The van der Waals surface area contributed by atoms with E-state index in [-0.39, 0.29) is 0 Å². The van der Waals surface area contributed by atoms with Crippen molar-refractivity contribution in [2.45, 2.75) is 81.4 Å². The van der Waals surface area contributed by atoms with Gasteiger partial charge in [0, 0.05) is 0 Å². The molecule has 2 aliphatic heterocycles. The summed E-state index contributed by atoms with van der Waals surface area (Å²) in [5, 5.41) is 59.2. The fraction of sp³-hybridized carbons (Fsp3) is 0.933. The molecule has 0 radical (unpaired) electrons. The maximum atomic E-state index is 10.8. The Balaban J connectivity index is 2.11. The van der Waals surface area contributed by atoms with Gasteiger partial charge in [0.25, 0.3) is 0 Å². The van der Waals surface area contributed by atoms with Gasteiger partial charge in [0.1, 0.15) is 42.7 Å². The van der Waals surface area contributed by atoms with Gasteiger partial charge in [-0.1, -0.05) is 0 Å². The largest absolute Gasteiger partial charge is 0.393 e. The van der Waals surface area contributed by atoms with Crippen molar-refractivity contribution in [2.24, 2.45) is 0 Å². The number of rotatable bonds is 6. The number of hydrogen-bond donors (Lipinski definition) is 6. The second kappa shape index (κ2) is 8.97. The minimum atomic E-state index is -1.63. The predicted molar refractivity (Wildman–Crippen MR) is 81.6 cm³/mol. The highest BCUT2D eigenvalue weighted by atomic mass is 16.7. The molecule has 1 unspecified atom stereocenters. The number of aliphatic hydroxyl groups excluding tert-OH is 6. The quantitative estimate of drug-likeness (QED) is 0.249. The standard InChI is InChI=1S/C15H26O11/c1-5-8(18)10(20)11(21)14(23-5)26-13-9(19)6(2)24-15(12(13)22)25-7(3-16)4-17/h3,5-15,17-22H,4H2,1-2H3/t5-,6-,7?,8-,9-,10+,11+,12+,13+,14-,15-/m0/s1. The number of hydrogen-bond acceptors (Lipinski definition) is 11. The first kappa shape index (κ1) is 21.6. The molecule has 0 spiro atoms. The first-order chi connectivity index (χ1) is 12.2. The number of aliphatic hydroxyl groups is 6. The molecule has 11 atom stereocenters. The number of ether oxygens (including phenoxy) is 4. The highest BCUT2D eigenvalue weighted by molar-refractivity contribution is 5.56. The summed E-state index contributed by atoms with van der Waals surface area (Å²) < 4.78 is 21.2. The van der Waals surface area contributed by atoms with Gasteiger partial charge in [-0.25, -0.2) is 0 Å². The molecule has 152 valence electrons. The number of carbonyl (C=O) groups excluding carboxylic acids is 1. The summed E-state index contributed by atoms with van der Waals surface area (Å²) in [7, 11) is 0. The zero-order chi connectivity index (χ0) is 19.6. The van der Waals surface area contributed by atoms with E-state index in [0.29, 0.717) is 6.29 Å². The third kappa shape index (κ3) is 4.39. The van der Waals surface area contributed by atoms with Crippen molar-refractivity contribution < 1.29 is 54.4 Å². The average Bonchev–Trinajstić information content (AvgIpc) is 2.62. The van der Waals surface area contributed by atoms with Gasteiger partial charge in [0.2, 0.25) is 0 Å². The van der Waals surface area contributed by atoms with Crippen molar-refractivity contribution in [1.29, 1.82) is 0 Å². The predicted octanol–water partition coefficient (Wildman–Crippen LogP) is -3.76. The van der Waals surface area contributed by atoms with Crippen LogP contribution in [0.1, 0.15) is 13.8 Å². The molecule has 0 aromatic rings. The molecule has 0 saturated carbocycles. The van der Waals surface area contributed by atoms with Crippen molar-refractivity contribution in [3.8, 4) is 0 Å². The molecule has 11 nitrogen and oxygen atoms in total. The van der Waals surface area contributed by atoms with Crippen LogP contribution in [0.15, 0.2) is 0 Å². The van der Waals surface area contributed by atoms with Gasteiger partial charge in [-0.15, -0.1) is 0 Å². The molecule has 26 heavy (non-hydrogen) atoms. The summed E-state index contributed by atoms with van der Waals surface area (Å²) in [5.41, 5.74) is 0. The second-order valence-electron chi connectivity index (χ2n) is 6.47. The van der Waals surface area contributed by atoms with E-state index in [1.54, 1.807) is 0 Å². The van der Waals surface area contributed by atoms with Crippen LogP contribution in [0.25, 0.3) is 0 Å². The monoisotopic (exact) mass is 382 g/mol. The average molecular weight is 382 g/mol. The van der Waals surface area contributed by atoms with Crippen LogP contribution in [-0.4, -0.2) is 111 Å².